The number of ketones is 1. The summed E-state index contributed by atoms with van der Waals surface area (Å²) >= 11 is 0. The maximum absolute atomic E-state index is 12.4. The van der Waals surface area contributed by atoms with Crippen molar-refractivity contribution < 1.29 is 9.90 Å². The maximum Gasteiger partial charge on any atom is 0.139 e. The van der Waals surface area contributed by atoms with Gasteiger partial charge in [0.2, 0.25) is 0 Å². The van der Waals surface area contributed by atoms with Crippen molar-refractivity contribution in [3.05, 3.63) is 0 Å². The van der Waals surface area contributed by atoms with Gasteiger partial charge in [0, 0.05) is 11.8 Å². The minimum absolute atomic E-state index is 0.0124. The first-order chi connectivity index (χ1) is 10.3. The van der Waals surface area contributed by atoms with Crippen LogP contribution < -0.4 is 0 Å². The molecular weight excluding hydrogens is 272 g/mol. The van der Waals surface area contributed by atoms with Crippen LogP contribution in [0.1, 0.15) is 78.6 Å². The average Bonchev–Trinajstić information content (AvgIpc) is 2.74. The van der Waals surface area contributed by atoms with Crippen LogP contribution in [0.15, 0.2) is 0 Å². The lowest BCUT2D eigenvalue weighted by Crippen LogP contribution is -2.58. The molecule has 2 nitrogen and oxygen atoms in total. The summed E-state index contributed by atoms with van der Waals surface area (Å²) in [6, 6.07) is 0. The van der Waals surface area contributed by atoms with Gasteiger partial charge in [-0.3, -0.25) is 4.79 Å². The maximum atomic E-state index is 12.4. The zero-order chi connectivity index (χ0) is 15.8. The molecule has 1 N–H and O–H groups in total. The van der Waals surface area contributed by atoms with Crippen molar-refractivity contribution in [2.24, 2.45) is 34.5 Å². The summed E-state index contributed by atoms with van der Waals surface area (Å²) in [6.07, 6.45) is 10.1. The number of carbonyl (C=O) groups is 1. The number of hydrogen-bond donors (Lipinski definition) is 1. The molecule has 0 saturated heterocycles. The Kier molecular flexibility index (Phi) is 3.16. The summed E-state index contributed by atoms with van der Waals surface area (Å²) in [5.74, 6) is 3.11. The van der Waals surface area contributed by atoms with E-state index in [-0.39, 0.29) is 5.41 Å². The van der Waals surface area contributed by atoms with E-state index in [0.717, 1.165) is 37.5 Å². The predicted octanol–water partition coefficient (Wildman–Crippen LogP) is 4.35. The number of aliphatic hydroxyl groups is 1. The van der Waals surface area contributed by atoms with Gasteiger partial charge in [-0.05, 0) is 81.0 Å². The highest BCUT2D eigenvalue weighted by atomic mass is 16.3. The molecule has 0 radical (unpaired) electrons. The van der Waals surface area contributed by atoms with Crippen molar-refractivity contribution in [3.63, 3.8) is 0 Å². The highest BCUT2D eigenvalue weighted by molar-refractivity contribution is 5.87. The lowest BCUT2D eigenvalue weighted by Gasteiger charge is -2.62. The molecular formula is C20H32O2. The average molecular weight is 304 g/mol. The van der Waals surface area contributed by atoms with Gasteiger partial charge in [-0.1, -0.05) is 20.3 Å². The van der Waals surface area contributed by atoms with Gasteiger partial charge in [0.15, 0.2) is 0 Å². The van der Waals surface area contributed by atoms with Crippen molar-refractivity contribution in [1.29, 1.82) is 0 Å². The summed E-state index contributed by atoms with van der Waals surface area (Å²) in [6.45, 7) is 6.82. The second-order valence-electron chi connectivity index (χ2n) is 9.64. The summed E-state index contributed by atoms with van der Waals surface area (Å²) < 4.78 is 0. The smallest absolute Gasteiger partial charge is 0.139 e. The SMILES string of the molecule is C[C@]12CCC[C@](C)(O)[C@@H]1CC[C@@H]1[C@@H]2CC[C@]2(C)C(=O)CC[C@@H]12. The molecule has 22 heavy (non-hydrogen) atoms. The third-order valence-electron chi connectivity index (χ3n) is 8.73. The molecule has 2 heteroatoms. The van der Waals surface area contributed by atoms with Crippen molar-refractivity contribution in [2.75, 3.05) is 0 Å². The van der Waals surface area contributed by atoms with E-state index < -0.39 is 5.60 Å². The Morgan fingerprint density at radius 3 is 2.50 bits per heavy atom. The van der Waals surface area contributed by atoms with E-state index in [1.807, 2.05) is 0 Å². The van der Waals surface area contributed by atoms with Crippen molar-refractivity contribution >= 4 is 5.78 Å². The van der Waals surface area contributed by atoms with Gasteiger partial charge in [-0.2, -0.15) is 0 Å². The van der Waals surface area contributed by atoms with Gasteiger partial charge in [0.1, 0.15) is 5.78 Å². The molecule has 0 spiro atoms. The second kappa shape index (κ2) is 4.59. The topological polar surface area (TPSA) is 37.3 Å². The Morgan fingerprint density at radius 2 is 1.73 bits per heavy atom. The fraction of sp³-hybridized carbons (Fsp3) is 0.950. The molecule has 0 bridgehead atoms. The molecule has 4 saturated carbocycles. The molecule has 0 amide bonds. The van der Waals surface area contributed by atoms with Crippen LogP contribution in [0.5, 0.6) is 0 Å². The first kappa shape index (κ1) is 15.2. The van der Waals surface area contributed by atoms with Gasteiger partial charge in [0.05, 0.1) is 5.60 Å². The van der Waals surface area contributed by atoms with Crippen LogP contribution in [0.25, 0.3) is 0 Å². The first-order valence-electron chi connectivity index (χ1n) is 9.55. The van der Waals surface area contributed by atoms with Crippen molar-refractivity contribution in [1.82, 2.24) is 0 Å². The highest BCUT2D eigenvalue weighted by Crippen LogP contribution is 2.66. The Morgan fingerprint density at radius 1 is 0.955 bits per heavy atom. The van der Waals surface area contributed by atoms with E-state index in [2.05, 4.69) is 20.8 Å². The molecule has 0 aromatic carbocycles. The Hall–Kier alpha value is -0.370. The second-order valence-corrected chi connectivity index (χ2v) is 9.64. The number of carbonyl (C=O) groups excluding carboxylic acids is 1. The summed E-state index contributed by atoms with van der Waals surface area (Å²) in [5, 5.41) is 11.0. The molecule has 7 atom stereocenters. The highest BCUT2D eigenvalue weighted by Gasteiger charge is 2.62. The lowest BCUT2D eigenvalue weighted by atomic mass is 9.43. The van der Waals surface area contributed by atoms with E-state index in [0.29, 0.717) is 23.0 Å². The number of fused-ring (bicyclic) bond motifs is 5. The van der Waals surface area contributed by atoms with Gasteiger partial charge >= 0.3 is 0 Å². The molecule has 0 heterocycles. The quantitative estimate of drug-likeness (QED) is 0.722. The van der Waals surface area contributed by atoms with E-state index >= 15 is 0 Å². The van der Waals surface area contributed by atoms with Gasteiger partial charge in [-0.15, -0.1) is 0 Å². The van der Waals surface area contributed by atoms with Crippen LogP contribution in [0.4, 0.5) is 0 Å². The summed E-state index contributed by atoms with van der Waals surface area (Å²) in [4.78, 5) is 12.4. The van der Waals surface area contributed by atoms with Gasteiger partial charge in [0.25, 0.3) is 0 Å². The standard InChI is InChI=1S/C20H32O2/c1-18-10-4-11-20(3,22)16(18)7-5-13-14-6-8-17(21)19(14,2)12-9-15(13)18/h13-16,22H,4-12H2,1-3H3/t13-,14-,15-,16+,18+,19-,20-/m0/s1. The van der Waals surface area contributed by atoms with Gasteiger partial charge < -0.3 is 5.11 Å². The minimum Gasteiger partial charge on any atom is -0.390 e. The first-order valence-corrected chi connectivity index (χ1v) is 9.55. The summed E-state index contributed by atoms with van der Waals surface area (Å²) in [7, 11) is 0. The van der Waals surface area contributed by atoms with Crippen molar-refractivity contribution in [2.45, 2.75) is 84.2 Å². The minimum atomic E-state index is -0.468. The van der Waals surface area contributed by atoms with Crippen LogP contribution in [-0.4, -0.2) is 16.5 Å². The van der Waals surface area contributed by atoms with Crippen LogP contribution in [0.2, 0.25) is 0 Å². The molecule has 4 fully saturated rings. The Balaban J connectivity index is 1.68. The lowest BCUT2D eigenvalue weighted by molar-refractivity contribution is -0.177. The molecule has 0 aliphatic heterocycles. The molecule has 4 rings (SSSR count). The number of Topliss-reactive ketones (excluding diaryl/α,β-unsaturated/α-hetero) is 1. The normalized spacial score (nSPS) is 57.9. The monoisotopic (exact) mass is 304 g/mol. The summed E-state index contributed by atoms with van der Waals surface area (Å²) in [5.41, 5.74) is -0.177. The van der Waals surface area contributed by atoms with E-state index in [1.54, 1.807) is 0 Å². The zero-order valence-corrected chi connectivity index (χ0v) is 14.5. The van der Waals surface area contributed by atoms with Crippen molar-refractivity contribution in [3.8, 4) is 0 Å². The van der Waals surface area contributed by atoms with E-state index in [1.165, 1.54) is 32.1 Å². The zero-order valence-electron chi connectivity index (χ0n) is 14.5. The third kappa shape index (κ3) is 1.79. The fourth-order valence-corrected chi connectivity index (χ4v) is 7.61. The van der Waals surface area contributed by atoms with Crippen LogP contribution in [0, 0.1) is 34.5 Å². The number of rotatable bonds is 0. The molecule has 0 aromatic rings. The van der Waals surface area contributed by atoms with Crippen LogP contribution >= 0.6 is 0 Å². The Bertz CT molecular complexity index is 496. The van der Waals surface area contributed by atoms with Crippen LogP contribution in [0.3, 0.4) is 0 Å². The fourth-order valence-electron chi connectivity index (χ4n) is 7.61. The van der Waals surface area contributed by atoms with E-state index in [4.69, 9.17) is 0 Å². The third-order valence-corrected chi connectivity index (χ3v) is 8.73. The predicted molar refractivity (Wildman–Crippen MR) is 87.4 cm³/mol. The molecule has 0 unspecified atom stereocenters. The van der Waals surface area contributed by atoms with E-state index in [9.17, 15) is 9.90 Å². The molecule has 124 valence electrons. The molecule has 4 aliphatic carbocycles. The number of hydrogen-bond acceptors (Lipinski definition) is 2. The van der Waals surface area contributed by atoms with Crippen LogP contribution in [-0.2, 0) is 4.79 Å². The molecule has 0 aromatic heterocycles. The Labute approximate surface area is 135 Å². The largest absolute Gasteiger partial charge is 0.390 e. The van der Waals surface area contributed by atoms with Gasteiger partial charge in [-0.25, -0.2) is 0 Å². The molecule has 4 aliphatic rings.